The molecular weight excluding hydrogens is 254 g/mol. The molecule has 0 heterocycles. The zero-order chi connectivity index (χ0) is 13.7. The van der Waals surface area contributed by atoms with Crippen molar-refractivity contribution in [2.45, 2.75) is 18.4 Å². The van der Waals surface area contributed by atoms with E-state index >= 15 is 0 Å². The van der Waals surface area contributed by atoms with Crippen LogP contribution in [0.3, 0.4) is 0 Å². The quantitative estimate of drug-likeness (QED) is 0.819. The molecule has 0 atom stereocenters. The monoisotopic (exact) mass is 273 g/mol. The van der Waals surface area contributed by atoms with Gasteiger partial charge < -0.3 is 10.1 Å². The van der Waals surface area contributed by atoms with Crippen molar-refractivity contribution in [1.82, 2.24) is 0 Å². The van der Waals surface area contributed by atoms with Gasteiger partial charge >= 0.3 is 0 Å². The predicted molar refractivity (Wildman–Crippen MR) is 83.3 cm³/mol. The van der Waals surface area contributed by atoms with Gasteiger partial charge in [0.1, 0.15) is 5.75 Å². The lowest BCUT2D eigenvalue weighted by atomic mass is 10.1. The van der Waals surface area contributed by atoms with E-state index in [1.54, 1.807) is 18.9 Å². The molecule has 0 aliphatic rings. The lowest BCUT2D eigenvalue weighted by Crippen LogP contribution is -2.02. The Morgan fingerprint density at radius 3 is 2.74 bits per heavy atom. The summed E-state index contributed by atoms with van der Waals surface area (Å²) in [5, 5.41) is 3.44. The van der Waals surface area contributed by atoms with Gasteiger partial charge in [-0.3, -0.25) is 0 Å². The first-order valence-electron chi connectivity index (χ1n) is 6.24. The van der Waals surface area contributed by atoms with Crippen molar-refractivity contribution in [3.8, 4) is 5.75 Å². The molecule has 19 heavy (non-hydrogen) atoms. The van der Waals surface area contributed by atoms with Crippen LogP contribution < -0.4 is 10.1 Å². The third-order valence-electron chi connectivity index (χ3n) is 2.99. The smallest absolute Gasteiger partial charge is 0.123 e. The number of aryl methyl sites for hydroxylation is 1. The number of hydrogen-bond acceptors (Lipinski definition) is 3. The van der Waals surface area contributed by atoms with Gasteiger partial charge in [0.05, 0.1) is 7.11 Å². The largest absolute Gasteiger partial charge is 0.496 e. The molecule has 2 nitrogen and oxygen atoms in total. The highest BCUT2D eigenvalue weighted by atomic mass is 32.2. The van der Waals surface area contributed by atoms with Crippen LogP contribution >= 0.6 is 11.8 Å². The van der Waals surface area contributed by atoms with Crippen LogP contribution in [0.1, 0.15) is 11.1 Å². The minimum Gasteiger partial charge on any atom is -0.496 e. The maximum Gasteiger partial charge on any atom is 0.123 e. The highest BCUT2D eigenvalue weighted by molar-refractivity contribution is 7.98. The maximum absolute atomic E-state index is 5.39. The average molecular weight is 273 g/mol. The molecular formula is C16H19NOS. The van der Waals surface area contributed by atoms with Gasteiger partial charge in [0.25, 0.3) is 0 Å². The number of ether oxygens (including phenoxy) is 1. The zero-order valence-electron chi connectivity index (χ0n) is 11.6. The molecule has 0 unspecified atom stereocenters. The summed E-state index contributed by atoms with van der Waals surface area (Å²) in [4.78, 5) is 1.27. The summed E-state index contributed by atoms with van der Waals surface area (Å²) in [6.45, 7) is 2.86. The fourth-order valence-electron chi connectivity index (χ4n) is 1.98. The molecule has 0 bridgehead atoms. The molecule has 2 rings (SSSR count). The Morgan fingerprint density at radius 2 is 2.00 bits per heavy atom. The standard InChI is InChI=1S/C16H19NOS/c1-12-7-8-16(18-2)13(9-12)11-17-14-5-4-6-15(10-14)19-3/h4-10,17H,11H2,1-3H3. The summed E-state index contributed by atoms with van der Waals surface area (Å²) in [6.07, 6.45) is 2.09. The van der Waals surface area contributed by atoms with E-state index in [0.29, 0.717) is 0 Å². The van der Waals surface area contributed by atoms with E-state index in [9.17, 15) is 0 Å². The molecule has 0 aliphatic heterocycles. The zero-order valence-corrected chi connectivity index (χ0v) is 12.4. The highest BCUT2D eigenvalue weighted by Gasteiger charge is 2.03. The van der Waals surface area contributed by atoms with Crippen molar-refractivity contribution >= 4 is 17.4 Å². The van der Waals surface area contributed by atoms with Gasteiger partial charge in [-0.05, 0) is 37.4 Å². The van der Waals surface area contributed by atoms with E-state index in [-0.39, 0.29) is 0 Å². The van der Waals surface area contributed by atoms with Crippen molar-refractivity contribution in [3.05, 3.63) is 53.6 Å². The van der Waals surface area contributed by atoms with Crippen LogP contribution in [-0.4, -0.2) is 13.4 Å². The lowest BCUT2D eigenvalue weighted by molar-refractivity contribution is 0.410. The van der Waals surface area contributed by atoms with Gasteiger partial charge in [-0.25, -0.2) is 0 Å². The number of methoxy groups -OCH3 is 1. The first-order valence-corrected chi connectivity index (χ1v) is 7.47. The molecule has 0 saturated heterocycles. The molecule has 2 aromatic rings. The van der Waals surface area contributed by atoms with Gasteiger partial charge in [0.15, 0.2) is 0 Å². The van der Waals surface area contributed by atoms with Crippen molar-refractivity contribution < 1.29 is 4.74 Å². The van der Waals surface area contributed by atoms with Crippen LogP contribution in [0, 0.1) is 6.92 Å². The molecule has 3 heteroatoms. The second-order valence-electron chi connectivity index (χ2n) is 4.40. The molecule has 0 fully saturated rings. The van der Waals surface area contributed by atoms with E-state index in [0.717, 1.165) is 18.0 Å². The molecule has 0 spiro atoms. The van der Waals surface area contributed by atoms with Crippen LogP contribution in [0.15, 0.2) is 47.4 Å². The summed E-state index contributed by atoms with van der Waals surface area (Å²) in [6, 6.07) is 14.7. The van der Waals surface area contributed by atoms with Gasteiger partial charge in [-0.15, -0.1) is 11.8 Å². The van der Waals surface area contributed by atoms with Crippen molar-refractivity contribution in [2.24, 2.45) is 0 Å². The van der Waals surface area contributed by atoms with Gasteiger partial charge in [0, 0.05) is 22.7 Å². The Balaban J connectivity index is 2.11. The van der Waals surface area contributed by atoms with Crippen LogP contribution in [-0.2, 0) is 6.54 Å². The van der Waals surface area contributed by atoms with Crippen LogP contribution in [0.5, 0.6) is 5.75 Å². The summed E-state index contributed by atoms with van der Waals surface area (Å²) >= 11 is 1.75. The minimum atomic E-state index is 0.767. The third kappa shape index (κ3) is 3.67. The normalized spacial score (nSPS) is 10.3. The molecule has 0 aromatic heterocycles. The van der Waals surface area contributed by atoms with E-state index < -0.39 is 0 Å². The molecule has 0 aliphatic carbocycles. The Hall–Kier alpha value is -1.61. The first-order chi connectivity index (χ1) is 9.22. The molecule has 0 saturated carbocycles. The van der Waals surface area contributed by atoms with Crippen molar-refractivity contribution in [2.75, 3.05) is 18.7 Å². The summed E-state index contributed by atoms with van der Waals surface area (Å²) in [7, 11) is 1.71. The first kappa shape index (κ1) is 13.8. The second kappa shape index (κ2) is 6.53. The topological polar surface area (TPSA) is 21.3 Å². The molecule has 1 N–H and O–H groups in total. The predicted octanol–water partition coefficient (Wildman–Crippen LogP) is 4.34. The van der Waals surface area contributed by atoms with E-state index in [4.69, 9.17) is 4.74 Å². The summed E-state index contributed by atoms with van der Waals surface area (Å²) < 4.78 is 5.39. The van der Waals surface area contributed by atoms with Gasteiger partial charge in [-0.2, -0.15) is 0 Å². The Kier molecular flexibility index (Phi) is 4.74. The van der Waals surface area contributed by atoms with Crippen LogP contribution in [0.2, 0.25) is 0 Å². The average Bonchev–Trinajstić information content (AvgIpc) is 2.45. The molecule has 0 amide bonds. The van der Waals surface area contributed by atoms with Gasteiger partial charge in [-0.1, -0.05) is 23.8 Å². The Morgan fingerprint density at radius 1 is 1.16 bits per heavy atom. The molecule has 0 radical (unpaired) electrons. The number of hydrogen-bond donors (Lipinski definition) is 1. The lowest BCUT2D eigenvalue weighted by Gasteiger charge is -2.12. The van der Waals surface area contributed by atoms with E-state index in [1.807, 2.05) is 6.07 Å². The fraction of sp³-hybridized carbons (Fsp3) is 0.250. The number of rotatable bonds is 5. The SMILES string of the molecule is COc1ccc(C)cc1CNc1cccc(SC)c1. The minimum absolute atomic E-state index is 0.767. The summed E-state index contributed by atoms with van der Waals surface area (Å²) in [5.41, 5.74) is 3.56. The summed E-state index contributed by atoms with van der Waals surface area (Å²) in [5.74, 6) is 0.930. The Labute approximate surface area is 119 Å². The Bertz CT molecular complexity index is 554. The molecule has 2 aromatic carbocycles. The highest BCUT2D eigenvalue weighted by Crippen LogP contribution is 2.23. The van der Waals surface area contributed by atoms with Crippen LogP contribution in [0.4, 0.5) is 5.69 Å². The van der Waals surface area contributed by atoms with E-state index in [1.165, 1.54) is 16.0 Å². The number of thioether (sulfide) groups is 1. The number of nitrogens with one attached hydrogen (secondary N) is 1. The van der Waals surface area contributed by atoms with Crippen molar-refractivity contribution in [3.63, 3.8) is 0 Å². The second-order valence-corrected chi connectivity index (χ2v) is 5.28. The number of benzene rings is 2. The van der Waals surface area contributed by atoms with Gasteiger partial charge in [0.2, 0.25) is 0 Å². The molecule has 100 valence electrons. The van der Waals surface area contributed by atoms with Crippen molar-refractivity contribution in [1.29, 1.82) is 0 Å². The third-order valence-corrected chi connectivity index (χ3v) is 3.71. The van der Waals surface area contributed by atoms with E-state index in [2.05, 4.69) is 54.9 Å². The fourth-order valence-corrected chi connectivity index (χ4v) is 2.44. The maximum atomic E-state index is 5.39. The number of anilines is 1. The van der Waals surface area contributed by atoms with Crippen LogP contribution in [0.25, 0.3) is 0 Å².